The first-order valence-corrected chi connectivity index (χ1v) is 10.0. The Morgan fingerprint density at radius 1 is 0.969 bits per heavy atom. The molecule has 0 fully saturated rings. The first-order valence-electron chi connectivity index (χ1n) is 10.0. The van der Waals surface area contributed by atoms with Gasteiger partial charge in [-0.1, -0.05) is 42.5 Å². The monoisotopic (exact) mass is 437 g/mol. The highest BCUT2D eigenvalue weighted by molar-refractivity contribution is 5.81. The fraction of sp³-hybridized carbons (Fsp3) is 0.167. The Hall–Kier alpha value is -3.81. The molecule has 1 atom stereocenters. The number of nitrogens with one attached hydrogen (secondary N) is 1. The van der Waals surface area contributed by atoms with Gasteiger partial charge in [-0.15, -0.1) is 0 Å². The number of anilines is 2. The van der Waals surface area contributed by atoms with E-state index in [9.17, 15) is 13.2 Å². The average Bonchev–Trinajstić information content (AvgIpc) is 3.08. The number of imidazole rings is 1. The van der Waals surface area contributed by atoms with Crippen LogP contribution in [0.3, 0.4) is 0 Å². The van der Waals surface area contributed by atoms with Crippen LogP contribution in [-0.2, 0) is 13.2 Å². The van der Waals surface area contributed by atoms with Crippen molar-refractivity contribution in [1.82, 2.24) is 14.5 Å². The van der Waals surface area contributed by atoms with Crippen LogP contribution in [0.5, 0.6) is 0 Å². The van der Waals surface area contributed by atoms with E-state index < -0.39 is 11.7 Å². The van der Waals surface area contributed by atoms with E-state index in [2.05, 4.69) is 15.3 Å². The van der Waals surface area contributed by atoms with E-state index in [0.29, 0.717) is 28.3 Å². The Bertz CT molecular complexity index is 1230. The zero-order valence-electron chi connectivity index (χ0n) is 17.6. The van der Waals surface area contributed by atoms with Crippen molar-refractivity contribution in [1.29, 1.82) is 0 Å². The van der Waals surface area contributed by atoms with Gasteiger partial charge < -0.3 is 15.6 Å². The maximum absolute atomic E-state index is 13.3. The number of halogens is 3. The minimum absolute atomic E-state index is 0.00990. The van der Waals surface area contributed by atoms with E-state index in [4.69, 9.17) is 5.73 Å². The van der Waals surface area contributed by atoms with Gasteiger partial charge in [0.05, 0.1) is 17.0 Å². The van der Waals surface area contributed by atoms with Gasteiger partial charge in [-0.3, -0.25) is 0 Å². The van der Waals surface area contributed by atoms with Gasteiger partial charge in [0.1, 0.15) is 5.82 Å². The molecule has 4 aromatic rings. The van der Waals surface area contributed by atoms with Crippen LogP contribution in [0, 0.1) is 0 Å². The summed E-state index contributed by atoms with van der Waals surface area (Å²) in [5, 5.41) is 3.35. The molecule has 0 radical (unpaired) electrons. The zero-order chi connectivity index (χ0) is 22.9. The number of rotatable bonds is 5. The van der Waals surface area contributed by atoms with Crippen molar-refractivity contribution in [2.75, 3.05) is 11.1 Å². The second-order valence-corrected chi connectivity index (χ2v) is 7.51. The van der Waals surface area contributed by atoms with Crippen LogP contribution in [-0.4, -0.2) is 14.5 Å². The minimum atomic E-state index is -4.44. The molecule has 0 amide bonds. The van der Waals surface area contributed by atoms with Crippen LogP contribution in [0.15, 0.2) is 72.9 Å². The summed E-state index contributed by atoms with van der Waals surface area (Å²) in [6.07, 6.45) is -2.81. The highest BCUT2D eigenvalue weighted by Gasteiger charge is 2.31. The molecule has 0 aliphatic rings. The number of hydrogen-bond donors (Lipinski definition) is 2. The van der Waals surface area contributed by atoms with Crippen LogP contribution in [0.4, 0.5) is 24.9 Å². The molecule has 0 aliphatic heterocycles. The standard InChI is InChI=1S/C24H22F3N5/c1-15(16-7-4-3-5-8-16)30-20-14-17(11-12-29-20)21-22(32(2)23(28)31-21)18-9-6-10-19(13-18)24(25,26)27/h3-15H,1-2H3,(H2,28,31)(H,29,30). The lowest BCUT2D eigenvalue weighted by molar-refractivity contribution is -0.137. The average molecular weight is 437 g/mol. The van der Waals surface area contributed by atoms with Crippen LogP contribution >= 0.6 is 0 Å². The molecule has 0 aliphatic carbocycles. The Balaban J connectivity index is 1.73. The molecular formula is C24H22F3N5. The molecule has 164 valence electrons. The van der Waals surface area contributed by atoms with Gasteiger partial charge in [-0.05, 0) is 36.8 Å². The lowest BCUT2D eigenvalue weighted by atomic mass is 10.0. The van der Waals surface area contributed by atoms with Crippen molar-refractivity contribution in [3.63, 3.8) is 0 Å². The summed E-state index contributed by atoms with van der Waals surface area (Å²) in [5.41, 5.74) is 8.48. The van der Waals surface area contributed by atoms with Crippen LogP contribution < -0.4 is 11.1 Å². The number of nitrogens with zero attached hydrogens (tertiary/aromatic N) is 3. The SMILES string of the molecule is CC(Nc1cc(-c2nc(N)n(C)c2-c2cccc(C(F)(F)F)c2)ccn1)c1ccccc1. The van der Waals surface area contributed by atoms with Crippen molar-refractivity contribution >= 4 is 11.8 Å². The molecule has 0 saturated heterocycles. The Morgan fingerprint density at radius 3 is 2.44 bits per heavy atom. The molecule has 2 heterocycles. The number of pyridine rings is 1. The van der Waals surface area contributed by atoms with Gasteiger partial charge in [-0.2, -0.15) is 13.2 Å². The van der Waals surface area contributed by atoms with Crippen LogP contribution in [0.2, 0.25) is 0 Å². The van der Waals surface area contributed by atoms with E-state index in [1.54, 1.807) is 29.9 Å². The van der Waals surface area contributed by atoms with Crippen molar-refractivity contribution < 1.29 is 13.2 Å². The Kier molecular flexibility index (Phi) is 5.61. The van der Waals surface area contributed by atoms with Gasteiger partial charge in [-0.25, -0.2) is 9.97 Å². The van der Waals surface area contributed by atoms with Crippen LogP contribution in [0.1, 0.15) is 24.1 Å². The molecule has 5 nitrogen and oxygen atoms in total. The molecular weight excluding hydrogens is 415 g/mol. The predicted molar refractivity (Wildman–Crippen MR) is 120 cm³/mol. The third-order valence-corrected chi connectivity index (χ3v) is 5.29. The number of benzene rings is 2. The quantitative estimate of drug-likeness (QED) is 0.406. The van der Waals surface area contributed by atoms with Crippen molar-refractivity contribution in [2.45, 2.75) is 19.1 Å². The summed E-state index contributed by atoms with van der Waals surface area (Å²) < 4.78 is 41.4. The first kappa shape index (κ1) is 21.4. The van der Waals surface area contributed by atoms with Gasteiger partial charge in [0.15, 0.2) is 0 Å². The summed E-state index contributed by atoms with van der Waals surface area (Å²) in [4.78, 5) is 8.81. The van der Waals surface area contributed by atoms with E-state index in [1.165, 1.54) is 6.07 Å². The van der Waals surface area contributed by atoms with Gasteiger partial charge in [0.2, 0.25) is 5.95 Å². The molecule has 0 saturated carbocycles. The molecule has 3 N–H and O–H groups in total. The van der Waals surface area contributed by atoms with Crippen molar-refractivity contribution in [3.8, 4) is 22.5 Å². The largest absolute Gasteiger partial charge is 0.416 e. The lowest BCUT2D eigenvalue weighted by Crippen LogP contribution is -2.07. The topological polar surface area (TPSA) is 68.8 Å². The normalized spacial score (nSPS) is 12.5. The summed E-state index contributed by atoms with van der Waals surface area (Å²) >= 11 is 0. The number of aromatic nitrogens is 3. The molecule has 1 unspecified atom stereocenters. The highest BCUT2D eigenvalue weighted by atomic mass is 19.4. The van der Waals surface area contributed by atoms with Gasteiger partial charge in [0.25, 0.3) is 0 Å². The summed E-state index contributed by atoms with van der Waals surface area (Å²) in [6, 6.07) is 18.7. The number of nitrogens with two attached hydrogens (primary N) is 1. The lowest BCUT2D eigenvalue weighted by Gasteiger charge is -2.15. The molecule has 8 heteroatoms. The fourth-order valence-corrected chi connectivity index (χ4v) is 3.59. The Labute approximate surface area is 183 Å². The smallest absolute Gasteiger partial charge is 0.369 e. The highest BCUT2D eigenvalue weighted by Crippen LogP contribution is 2.37. The van der Waals surface area contributed by atoms with E-state index in [0.717, 1.165) is 17.7 Å². The number of alkyl halides is 3. The molecule has 32 heavy (non-hydrogen) atoms. The Morgan fingerprint density at radius 2 is 1.72 bits per heavy atom. The number of nitrogen functional groups attached to an aromatic ring is 1. The summed E-state index contributed by atoms with van der Waals surface area (Å²) in [5.74, 6) is 0.828. The fourth-order valence-electron chi connectivity index (χ4n) is 3.59. The predicted octanol–water partition coefficient (Wildman–Crippen LogP) is 5.92. The van der Waals surface area contributed by atoms with Gasteiger partial charge >= 0.3 is 6.18 Å². The third kappa shape index (κ3) is 4.30. The molecule has 4 rings (SSSR count). The zero-order valence-corrected chi connectivity index (χ0v) is 17.6. The van der Waals surface area contributed by atoms with E-state index in [1.807, 2.05) is 43.3 Å². The second kappa shape index (κ2) is 8.37. The van der Waals surface area contributed by atoms with Crippen LogP contribution in [0.25, 0.3) is 22.5 Å². The molecule has 2 aromatic heterocycles. The minimum Gasteiger partial charge on any atom is -0.369 e. The van der Waals surface area contributed by atoms with Crippen molar-refractivity contribution in [3.05, 3.63) is 84.1 Å². The third-order valence-electron chi connectivity index (χ3n) is 5.29. The maximum Gasteiger partial charge on any atom is 0.416 e. The summed E-state index contributed by atoms with van der Waals surface area (Å²) in [7, 11) is 1.68. The summed E-state index contributed by atoms with van der Waals surface area (Å²) in [6.45, 7) is 2.02. The maximum atomic E-state index is 13.3. The van der Waals surface area contributed by atoms with Gasteiger partial charge in [0, 0.05) is 30.4 Å². The first-order chi connectivity index (χ1) is 15.2. The van der Waals surface area contributed by atoms with Crippen molar-refractivity contribution in [2.24, 2.45) is 7.05 Å². The molecule has 0 spiro atoms. The molecule has 2 aromatic carbocycles. The van der Waals surface area contributed by atoms with E-state index >= 15 is 0 Å². The number of hydrogen-bond acceptors (Lipinski definition) is 4. The van der Waals surface area contributed by atoms with E-state index in [-0.39, 0.29) is 12.0 Å². The second-order valence-electron chi connectivity index (χ2n) is 7.51. The molecule has 0 bridgehead atoms.